The summed E-state index contributed by atoms with van der Waals surface area (Å²) in [6.07, 6.45) is 3.81. The molecule has 1 aromatic carbocycles. The summed E-state index contributed by atoms with van der Waals surface area (Å²) < 4.78 is 11.6. The number of nitriles is 1. The van der Waals surface area contributed by atoms with Gasteiger partial charge in [-0.3, -0.25) is 9.69 Å². The van der Waals surface area contributed by atoms with E-state index in [1.165, 1.54) is 6.08 Å². The molecule has 5 rings (SSSR count). The first-order chi connectivity index (χ1) is 19.4. The predicted octanol–water partition coefficient (Wildman–Crippen LogP) is 3.24. The van der Waals surface area contributed by atoms with E-state index < -0.39 is 0 Å². The standard InChI is InChI=1S/C29H36ClN7O3/c1-4-27(38)37-13-12-36(16-21(37)9-10-31)28-24-17-35(15-20-14-23(39-3)7-8-25(20)30)18-26(24)32-29(33-28)40-19-22-6-5-11-34(22)2/h4,7-8,14,21-22H,1,5-6,9,11-13,15-19H2,2-3H3. The molecule has 2 unspecified atom stereocenters. The van der Waals surface area contributed by atoms with E-state index in [1.54, 1.807) is 12.0 Å². The average Bonchev–Trinajstić information content (AvgIpc) is 3.57. The average molecular weight is 566 g/mol. The number of aromatic nitrogens is 2. The van der Waals surface area contributed by atoms with Crippen molar-refractivity contribution in [1.82, 2.24) is 24.7 Å². The summed E-state index contributed by atoms with van der Waals surface area (Å²) in [5, 5.41) is 10.2. The van der Waals surface area contributed by atoms with Crippen molar-refractivity contribution in [3.8, 4) is 17.8 Å². The van der Waals surface area contributed by atoms with E-state index in [4.69, 9.17) is 31.0 Å². The second kappa shape index (κ2) is 12.4. The molecule has 2 aromatic rings. The minimum atomic E-state index is -0.250. The lowest BCUT2D eigenvalue weighted by Crippen LogP contribution is -2.55. The van der Waals surface area contributed by atoms with Crippen LogP contribution < -0.4 is 14.4 Å². The van der Waals surface area contributed by atoms with Crippen molar-refractivity contribution in [2.24, 2.45) is 0 Å². The van der Waals surface area contributed by atoms with Crippen molar-refractivity contribution in [3.63, 3.8) is 0 Å². The molecule has 2 atom stereocenters. The number of carbonyl (C=O) groups excluding carboxylic acids is 1. The van der Waals surface area contributed by atoms with Gasteiger partial charge in [-0.05, 0) is 56.3 Å². The number of anilines is 1. The number of likely N-dealkylation sites (tertiary alicyclic amines) is 1. The molecule has 2 saturated heterocycles. The third kappa shape index (κ3) is 6.02. The molecule has 0 radical (unpaired) electrons. The van der Waals surface area contributed by atoms with Gasteiger partial charge in [0.1, 0.15) is 18.2 Å². The highest BCUT2D eigenvalue weighted by Crippen LogP contribution is 2.34. The molecule has 3 aliphatic heterocycles. The monoisotopic (exact) mass is 565 g/mol. The Kier molecular flexibility index (Phi) is 8.74. The number of carbonyl (C=O) groups is 1. The van der Waals surface area contributed by atoms with Gasteiger partial charge in [-0.1, -0.05) is 18.2 Å². The maximum Gasteiger partial charge on any atom is 0.318 e. The van der Waals surface area contributed by atoms with Gasteiger partial charge in [-0.2, -0.15) is 15.2 Å². The topological polar surface area (TPSA) is 98.1 Å². The molecule has 11 heteroatoms. The zero-order chi connectivity index (χ0) is 28.2. The molecule has 0 bridgehead atoms. The fraction of sp³-hybridized carbons (Fsp3) is 0.517. The van der Waals surface area contributed by atoms with Gasteiger partial charge >= 0.3 is 6.01 Å². The van der Waals surface area contributed by atoms with Crippen LogP contribution in [0.3, 0.4) is 0 Å². The smallest absolute Gasteiger partial charge is 0.318 e. The first kappa shape index (κ1) is 28.1. The quantitative estimate of drug-likeness (QED) is 0.424. The van der Waals surface area contributed by atoms with Crippen LogP contribution in [0.15, 0.2) is 30.9 Å². The molecular formula is C29H36ClN7O3. The van der Waals surface area contributed by atoms with Crippen molar-refractivity contribution in [1.29, 1.82) is 5.26 Å². The number of halogens is 1. The Bertz CT molecular complexity index is 1300. The van der Waals surface area contributed by atoms with Crippen LogP contribution in [0.2, 0.25) is 5.02 Å². The summed E-state index contributed by atoms with van der Waals surface area (Å²) in [6.45, 7) is 8.74. The molecule has 1 amide bonds. The molecule has 4 heterocycles. The Balaban J connectivity index is 1.41. The normalized spacial score (nSPS) is 21.2. The number of hydrogen-bond acceptors (Lipinski definition) is 9. The van der Waals surface area contributed by atoms with Gasteiger partial charge in [0.15, 0.2) is 0 Å². The molecule has 0 saturated carbocycles. The number of fused-ring (bicyclic) bond motifs is 1. The summed E-state index contributed by atoms with van der Waals surface area (Å²) in [7, 11) is 3.77. The predicted molar refractivity (Wildman–Crippen MR) is 152 cm³/mol. The van der Waals surface area contributed by atoms with Gasteiger partial charge in [0, 0.05) is 55.9 Å². The van der Waals surface area contributed by atoms with E-state index in [0.717, 1.165) is 47.8 Å². The molecular weight excluding hydrogens is 530 g/mol. The summed E-state index contributed by atoms with van der Waals surface area (Å²) >= 11 is 6.53. The molecule has 3 aliphatic rings. The molecule has 0 spiro atoms. The van der Waals surface area contributed by atoms with Crippen molar-refractivity contribution in [3.05, 3.63) is 52.7 Å². The zero-order valence-corrected chi connectivity index (χ0v) is 23.9. The molecule has 1 aromatic heterocycles. The third-order valence-corrected chi connectivity index (χ3v) is 8.46. The highest BCUT2D eigenvalue weighted by atomic mass is 35.5. The minimum Gasteiger partial charge on any atom is -0.497 e. The molecule has 212 valence electrons. The Morgan fingerprint density at radius 2 is 2.10 bits per heavy atom. The molecule has 0 aliphatic carbocycles. The molecule has 10 nitrogen and oxygen atoms in total. The van der Waals surface area contributed by atoms with Crippen LogP contribution in [0.5, 0.6) is 11.8 Å². The Labute approximate surface area is 240 Å². The van der Waals surface area contributed by atoms with E-state index in [0.29, 0.717) is 63.0 Å². The largest absolute Gasteiger partial charge is 0.497 e. The first-order valence-corrected chi connectivity index (χ1v) is 14.1. The SMILES string of the molecule is C=CC(=O)N1CCN(c2nc(OCC3CCCN3C)nc3c2CN(Cc2cc(OC)ccc2Cl)C3)CC1CC#N. The van der Waals surface area contributed by atoms with Gasteiger partial charge in [-0.15, -0.1) is 0 Å². The number of likely N-dealkylation sites (N-methyl/N-ethyl adjacent to an activating group) is 1. The summed E-state index contributed by atoms with van der Waals surface area (Å²) in [6, 6.07) is 8.38. The van der Waals surface area contributed by atoms with E-state index in [2.05, 4.69) is 34.4 Å². The Hall–Kier alpha value is -3.39. The fourth-order valence-corrected chi connectivity index (χ4v) is 6.03. The van der Waals surface area contributed by atoms with Crippen molar-refractivity contribution < 1.29 is 14.3 Å². The summed E-state index contributed by atoms with van der Waals surface area (Å²) in [5.41, 5.74) is 2.96. The number of rotatable bonds is 9. The van der Waals surface area contributed by atoms with Gasteiger partial charge in [-0.25, -0.2) is 0 Å². The maximum absolute atomic E-state index is 12.5. The first-order valence-electron chi connectivity index (χ1n) is 13.7. The minimum absolute atomic E-state index is 0.154. The van der Waals surface area contributed by atoms with Crippen LogP contribution in [0, 0.1) is 11.3 Å². The number of ether oxygens (including phenoxy) is 2. The van der Waals surface area contributed by atoms with Crippen LogP contribution in [0.25, 0.3) is 0 Å². The van der Waals surface area contributed by atoms with E-state index in [9.17, 15) is 10.1 Å². The lowest BCUT2D eigenvalue weighted by molar-refractivity contribution is -0.128. The number of piperazine rings is 1. The van der Waals surface area contributed by atoms with E-state index >= 15 is 0 Å². The van der Waals surface area contributed by atoms with Crippen molar-refractivity contribution in [2.45, 2.75) is 51.0 Å². The van der Waals surface area contributed by atoms with Gasteiger partial charge < -0.3 is 24.2 Å². The van der Waals surface area contributed by atoms with Crippen molar-refractivity contribution >= 4 is 23.3 Å². The highest BCUT2D eigenvalue weighted by Gasteiger charge is 2.34. The number of methoxy groups -OCH3 is 1. The number of hydrogen-bond donors (Lipinski definition) is 0. The number of benzene rings is 1. The molecule has 0 N–H and O–H groups in total. The van der Waals surface area contributed by atoms with Gasteiger partial charge in [0.25, 0.3) is 0 Å². The zero-order valence-electron chi connectivity index (χ0n) is 23.2. The highest BCUT2D eigenvalue weighted by molar-refractivity contribution is 6.31. The second-order valence-corrected chi connectivity index (χ2v) is 11.1. The van der Waals surface area contributed by atoms with Crippen molar-refractivity contribution in [2.75, 3.05) is 51.8 Å². The summed E-state index contributed by atoms with van der Waals surface area (Å²) in [4.78, 5) is 30.7. The van der Waals surface area contributed by atoms with E-state index in [1.807, 2.05) is 18.2 Å². The summed E-state index contributed by atoms with van der Waals surface area (Å²) in [5.74, 6) is 1.42. The molecule has 2 fully saturated rings. The lowest BCUT2D eigenvalue weighted by atomic mass is 10.1. The number of nitrogens with zero attached hydrogens (tertiary/aromatic N) is 7. The molecule has 40 heavy (non-hydrogen) atoms. The van der Waals surface area contributed by atoms with Gasteiger partial charge in [0.2, 0.25) is 5.91 Å². The maximum atomic E-state index is 12.5. The fourth-order valence-electron chi connectivity index (χ4n) is 5.85. The third-order valence-electron chi connectivity index (χ3n) is 8.10. The van der Waals surface area contributed by atoms with Gasteiger partial charge in [0.05, 0.1) is 31.3 Å². The van der Waals surface area contributed by atoms with Crippen LogP contribution >= 0.6 is 11.6 Å². The van der Waals surface area contributed by atoms with E-state index in [-0.39, 0.29) is 18.4 Å². The lowest BCUT2D eigenvalue weighted by Gasteiger charge is -2.41. The van der Waals surface area contributed by atoms with Crippen LogP contribution in [0.4, 0.5) is 5.82 Å². The Morgan fingerprint density at radius 3 is 2.83 bits per heavy atom. The van der Waals surface area contributed by atoms with Crippen LogP contribution in [-0.4, -0.2) is 89.6 Å². The Morgan fingerprint density at radius 1 is 1.25 bits per heavy atom. The van der Waals surface area contributed by atoms with Crippen LogP contribution in [-0.2, 0) is 24.4 Å². The van der Waals surface area contributed by atoms with Crippen LogP contribution in [0.1, 0.15) is 36.1 Å². The number of amides is 1. The second-order valence-electron chi connectivity index (χ2n) is 10.6.